The van der Waals surface area contributed by atoms with Crippen molar-refractivity contribution < 1.29 is 8.78 Å². The first-order valence-electron chi connectivity index (χ1n) is 7.21. The molecule has 1 aliphatic rings. The fourth-order valence-electron chi connectivity index (χ4n) is 2.97. The van der Waals surface area contributed by atoms with Crippen LogP contribution in [0.1, 0.15) is 16.7 Å². The number of nitriles is 1. The number of rotatable bonds is 1. The van der Waals surface area contributed by atoms with Crippen LogP contribution in [0.2, 0.25) is 0 Å². The summed E-state index contributed by atoms with van der Waals surface area (Å²) in [4.78, 5) is 8.68. The molecule has 114 valence electrons. The molecule has 4 rings (SSSR count). The summed E-state index contributed by atoms with van der Waals surface area (Å²) in [5.74, 6) is -1.46. The maximum absolute atomic E-state index is 13.6. The van der Waals surface area contributed by atoms with Gasteiger partial charge in [-0.2, -0.15) is 5.26 Å². The van der Waals surface area contributed by atoms with E-state index in [4.69, 9.17) is 0 Å². The maximum atomic E-state index is 13.6. The van der Waals surface area contributed by atoms with Gasteiger partial charge in [-0.05, 0) is 29.8 Å². The Kier molecular flexibility index (Phi) is 3.17. The second-order valence-electron chi connectivity index (χ2n) is 5.32. The Balaban J connectivity index is 2.09. The van der Waals surface area contributed by atoms with Crippen LogP contribution in [-0.4, -0.2) is 9.97 Å². The normalized spacial score (nSPS) is 11.6. The average Bonchev–Trinajstić information content (AvgIpc) is 2.90. The number of halogens is 2. The summed E-state index contributed by atoms with van der Waals surface area (Å²) < 4.78 is 27.2. The highest BCUT2D eigenvalue weighted by Crippen LogP contribution is 2.45. The van der Waals surface area contributed by atoms with Crippen LogP contribution < -0.4 is 0 Å². The van der Waals surface area contributed by atoms with Crippen molar-refractivity contribution in [3.8, 4) is 17.5 Å². The highest BCUT2D eigenvalue weighted by Gasteiger charge is 2.28. The molecule has 0 saturated heterocycles. The van der Waals surface area contributed by atoms with Gasteiger partial charge in [0.05, 0.1) is 17.0 Å². The van der Waals surface area contributed by atoms with Gasteiger partial charge in [0.25, 0.3) is 0 Å². The molecule has 2 aromatic heterocycles. The van der Waals surface area contributed by atoms with Crippen LogP contribution in [0.4, 0.5) is 8.78 Å². The maximum Gasteiger partial charge on any atom is 0.126 e. The van der Waals surface area contributed by atoms with Crippen LogP contribution in [-0.2, 0) is 0 Å². The number of nitrogens with zero attached hydrogens (tertiary/aromatic N) is 3. The molecule has 3 aromatic rings. The molecule has 0 aliphatic heterocycles. The van der Waals surface area contributed by atoms with E-state index in [2.05, 4.69) is 16.0 Å². The summed E-state index contributed by atoms with van der Waals surface area (Å²) >= 11 is 0. The molecule has 0 spiro atoms. The molecule has 3 nitrogen and oxygen atoms in total. The molecule has 1 aromatic carbocycles. The highest BCUT2D eigenvalue weighted by atomic mass is 19.1. The van der Waals surface area contributed by atoms with E-state index in [9.17, 15) is 14.0 Å². The lowest BCUT2D eigenvalue weighted by atomic mass is 9.94. The van der Waals surface area contributed by atoms with Crippen molar-refractivity contribution in [1.29, 1.82) is 5.26 Å². The molecule has 0 fully saturated rings. The summed E-state index contributed by atoms with van der Waals surface area (Å²) in [6.07, 6.45) is 3.29. The molecule has 0 atom stereocenters. The highest BCUT2D eigenvalue weighted by molar-refractivity contribution is 6.11. The molecule has 0 saturated carbocycles. The Morgan fingerprint density at radius 3 is 1.92 bits per heavy atom. The molecule has 5 heteroatoms. The summed E-state index contributed by atoms with van der Waals surface area (Å²) in [6, 6.07) is 12.3. The molecular weight excluding hydrogens is 308 g/mol. The quantitative estimate of drug-likeness (QED) is 0.494. The first-order valence-corrected chi connectivity index (χ1v) is 7.21. The van der Waals surface area contributed by atoms with E-state index in [1.165, 1.54) is 0 Å². The number of fused-ring (bicyclic) bond motifs is 3. The van der Waals surface area contributed by atoms with E-state index in [0.29, 0.717) is 17.0 Å². The van der Waals surface area contributed by atoms with Gasteiger partial charge in [-0.15, -0.1) is 0 Å². The van der Waals surface area contributed by atoms with Crippen molar-refractivity contribution in [3.05, 3.63) is 83.2 Å². The molecular formula is C19H9F2N3. The third-order valence-electron chi connectivity index (χ3n) is 3.89. The predicted molar refractivity (Wildman–Crippen MR) is 85.4 cm³/mol. The Bertz CT molecular complexity index is 981. The van der Waals surface area contributed by atoms with Gasteiger partial charge in [-0.1, -0.05) is 12.1 Å². The zero-order chi connectivity index (χ0) is 16.7. The standard InChI is InChI=1S/C19H9F2N3/c20-12-7-11(8-13(21)9-12)16(10-22)17-14-3-1-5-23-18(14)19-15(17)4-2-6-24-19/h1-9H. The molecule has 2 heterocycles. The molecule has 0 bridgehead atoms. The number of hydrogen-bond donors (Lipinski definition) is 0. The minimum atomic E-state index is -0.728. The van der Waals surface area contributed by atoms with E-state index in [1.807, 2.05) is 12.1 Å². The lowest BCUT2D eigenvalue weighted by Crippen LogP contribution is -1.93. The van der Waals surface area contributed by atoms with Crippen molar-refractivity contribution in [1.82, 2.24) is 9.97 Å². The summed E-state index contributed by atoms with van der Waals surface area (Å²) in [5, 5.41) is 9.68. The van der Waals surface area contributed by atoms with Crippen molar-refractivity contribution in [2.75, 3.05) is 0 Å². The van der Waals surface area contributed by atoms with Crippen LogP contribution in [0.5, 0.6) is 0 Å². The number of allylic oxidation sites excluding steroid dienone is 1. The van der Waals surface area contributed by atoms with Crippen molar-refractivity contribution in [2.45, 2.75) is 0 Å². The van der Waals surface area contributed by atoms with E-state index in [0.717, 1.165) is 29.3 Å². The van der Waals surface area contributed by atoms with Gasteiger partial charge in [0.1, 0.15) is 17.7 Å². The fourth-order valence-corrected chi connectivity index (χ4v) is 2.97. The molecule has 0 N–H and O–H groups in total. The largest absolute Gasteiger partial charge is 0.254 e. The smallest absolute Gasteiger partial charge is 0.126 e. The van der Waals surface area contributed by atoms with E-state index >= 15 is 0 Å². The van der Waals surface area contributed by atoms with Crippen LogP contribution in [0, 0.1) is 23.0 Å². The lowest BCUT2D eigenvalue weighted by molar-refractivity contribution is 0.582. The van der Waals surface area contributed by atoms with Gasteiger partial charge in [0.2, 0.25) is 0 Å². The second-order valence-corrected chi connectivity index (χ2v) is 5.32. The number of aromatic nitrogens is 2. The number of benzene rings is 1. The van der Waals surface area contributed by atoms with Crippen molar-refractivity contribution in [2.24, 2.45) is 0 Å². The van der Waals surface area contributed by atoms with E-state index in [1.54, 1.807) is 24.5 Å². The Morgan fingerprint density at radius 2 is 1.42 bits per heavy atom. The Hall–Kier alpha value is -3.39. The second kappa shape index (κ2) is 5.36. The minimum Gasteiger partial charge on any atom is -0.254 e. The number of pyridine rings is 2. The van der Waals surface area contributed by atoms with Crippen LogP contribution in [0.3, 0.4) is 0 Å². The third-order valence-corrected chi connectivity index (χ3v) is 3.89. The van der Waals surface area contributed by atoms with Gasteiger partial charge in [0.15, 0.2) is 0 Å². The van der Waals surface area contributed by atoms with E-state index in [-0.39, 0.29) is 11.1 Å². The average molecular weight is 317 g/mol. The van der Waals surface area contributed by atoms with Gasteiger partial charge in [-0.3, -0.25) is 9.97 Å². The van der Waals surface area contributed by atoms with Crippen LogP contribution in [0.15, 0.2) is 54.9 Å². The van der Waals surface area contributed by atoms with Gasteiger partial charge in [0, 0.05) is 35.2 Å². The fraction of sp³-hybridized carbons (Fsp3) is 0. The lowest BCUT2D eigenvalue weighted by Gasteiger charge is -2.07. The Labute approximate surface area is 136 Å². The van der Waals surface area contributed by atoms with Crippen LogP contribution in [0.25, 0.3) is 22.5 Å². The monoisotopic (exact) mass is 317 g/mol. The minimum absolute atomic E-state index is 0.189. The predicted octanol–water partition coefficient (Wildman–Crippen LogP) is 4.22. The van der Waals surface area contributed by atoms with Crippen LogP contribution >= 0.6 is 0 Å². The summed E-state index contributed by atoms with van der Waals surface area (Å²) in [5.41, 5.74) is 3.75. The SMILES string of the molecule is N#CC(=C1c2cccnc2-c2ncccc21)c1cc(F)cc(F)c1. The van der Waals surface area contributed by atoms with Crippen molar-refractivity contribution in [3.63, 3.8) is 0 Å². The first kappa shape index (κ1) is 14.2. The van der Waals surface area contributed by atoms with Gasteiger partial charge >= 0.3 is 0 Å². The third kappa shape index (κ3) is 2.09. The Morgan fingerprint density at radius 1 is 0.875 bits per heavy atom. The number of hydrogen-bond acceptors (Lipinski definition) is 3. The van der Waals surface area contributed by atoms with Gasteiger partial charge < -0.3 is 0 Å². The topological polar surface area (TPSA) is 49.6 Å². The summed E-state index contributed by atoms with van der Waals surface area (Å²) in [7, 11) is 0. The molecule has 0 amide bonds. The molecule has 24 heavy (non-hydrogen) atoms. The molecule has 0 unspecified atom stereocenters. The zero-order valence-electron chi connectivity index (χ0n) is 12.3. The molecule has 0 radical (unpaired) electrons. The zero-order valence-corrected chi connectivity index (χ0v) is 12.3. The first-order chi connectivity index (χ1) is 11.7. The van der Waals surface area contributed by atoms with E-state index < -0.39 is 11.6 Å². The summed E-state index contributed by atoms with van der Waals surface area (Å²) in [6.45, 7) is 0. The van der Waals surface area contributed by atoms with Crippen molar-refractivity contribution >= 4 is 11.1 Å². The van der Waals surface area contributed by atoms with Gasteiger partial charge in [-0.25, -0.2) is 8.78 Å². The molecule has 1 aliphatic carbocycles.